The number of nitrogens with zero attached hydrogens (tertiary/aromatic N) is 2. The highest BCUT2D eigenvalue weighted by atomic mass is 16.2. The monoisotopic (exact) mass is 280 g/mol. The van der Waals surface area contributed by atoms with Gasteiger partial charge in [0.15, 0.2) is 0 Å². The normalized spacial score (nSPS) is 23.5. The predicted molar refractivity (Wildman–Crippen MR) is 83.6 cm³/mol. The van der Waals surface area contributed by atoms with Crippen molar-refractivity contribution in [3.8, 4) is 0 Å². The maximum absolute atomic E-state index is 12.1. The first-order chi connectivity index (χ1) is 9.54. The molecule has 2 aliphatic heterocycles. The van der Waals surface area contributed by atoms with Crippen LogP contribution in [0, 0.1) is 17.8 Å². The van der Waals surface area contributed by atoms with Crippen LogP contribution in [0.3, 0.4) is 0 Å². The SMILES string of the molecule is CC(C)CC(=O)N1CCC(CN2CCC(C)CC2)CC1. The number of hydrogen-bond acceptors (Lipinski definition) is 2. The molecule has 3 heteroatoms. The summed E-state index contributed by atoms with van der Waals surface area (Å²) in [6.45, 7) is 12.4. The van der Waals surface area contributed by atoms with Crippen molar-refractivity contribution in [2.45, 2.75) is 52.9 Å². The highest BCUT2D eigenvalue weighted by Crippen LogP contribution is 2.23. The lowest BCUT2D eigenvalue weighted by Gasteiger charge is -2.37. The lowest BCUT2D eigenvalue weighted by molar-refractivity contribution is -0.133. The molecule has 2 aliphatic rings. The van der Waals surface area contributed by atoms with Gasteiger partial charge >= 0.3 is 0 Å². The van der Waals surface area contributed by atoms with Crippen molar-refractivity contribution in [3.63, 3.8) is 0 Å². The summed E-state index contributed by atoms with van der Waals surface area (Å²) in [7, 11) is 0. The van der Waals surface area contributed by atoms with Gasteiger partial charge in [-0.25, -0.2) is 0 Å². The quantitative estimate of drug-likeness (QED) is 0.790. The molecule has 0 aromatic heterocycles. The molecule has 2 rings (SSSR count). The Balaban J connectivity index is 1.67. The minimum absolute atomic E-state index is 0.366. The van der Waals surface area contributed by atoms with Gasteiger partial charge in [-0.15, -0.1) is 0 Å². The highest BCUT2D eigenvalue weighted by molar-refractivity contribution is 5.76. The number of rotatable bonds is 4. The molecule has 2 fully saturated rings. The molecule has 1 amide bonds. The van der Waals surface area contributed by atoms with Crippen LogP contribution in [-0.4, -0.2) is 48.4 Å². The molecule has 0 atom stereocenters. The first-order valence-corrected chi connectivity index (χ1v) is 8.54. The molecule has 116 valence electrons. The van der Waals surface area contributed by atoms with E-state index in [4.69, 9.17) is 0 Å². The number of hydrogen-bond donors (Lipinski definition) is 0. The van der Waals surface area contributed by atoms with Gasteiger partial charge in [-0.05, 0) is 56.5 Å². The molecule has 0 unspecified atom stereocenters. The van der Waals surface area contributed by atoms with Crippen LogP contribution in [0.1, 0.15) is 52.9 Å². The van der Waals surface area contributed by atoms with E-state index in [1.54, 1.807) is 0 Å². The summed E-state index contributed by atoms with van der Waals surface area (Å²) in [4.78, 5) is 16.8. The van der Waals surface area contributed by atoms with Gasteiger partial charge in [0, 0.05) is 26.1 Å². The maximum atomic E-state index is 12.1. The van der Waals surface area contributed by atoms with E-state index in [9.17, 15) is 4.79 Å². The fraction of sp³-hybridized carbons (Fsp3) is 0.941. The smallest absolute Gasteiger partial charge is 0.222 e. The van der Waals surface area contributed by atoms with Crippen molar-refractivity contribution in [3.05, 3.63) is 0 Å². The first-order valence-electron chi connectivity index (χ1n) is 8.54. The Morgan fingerprint density at radius 2 is 1.65 bits per heavy atom. The van der Waals surface area contributed by atoms with Crippen LogP contribution in [0.15, 0.2) is 0 Å². The van der Waals surface area contributed by atoms with Gasteiger partial charge in [-0.1, -0.05) is 20.8 Å². The molecular formula is C17H32N2O. The minimum atomic E-state index is 0.366. The average Bonchev–Trinajstić information content (AvgIpc) is 2.41. The summed E-state index contributed by atoms with van der Waals surface area (Å²) in [5, 5.41) is 0. The lowest BCUT2D eigenvalue weighted by Crippen LogP contribution is -2.43. The van der Waals surface area contributed by atoms with E-state index in [0.717, 1.165) is 24.9 Å². The summed E-state index contributed by atoms with van der Waals surface area (Å²) in [5.74, 6) is 2.58. The predicted octanol–water partition coefficient (Wildman–Crippen LogP) is 3.00. The average molecular weight is 280 g/mol. The van der Waals surface area contributed by atoms with Gasteiger partial charge in [-0.2, -0.15) is 0 Å². The van der Waals surface area contributed by atoms with Crippen LogP contribution < -0.4 is 0 Å². The molecule has 20 heavy (non-hydrogen) atoms. The molecule has 2 saturated heterocycles. The Morgan fingerprint density at radius 1 is 1.05 bits per heavy atom. The molecule has 2 heterocycles. The second-order valence-electron chi connectivity index (χ2n) is 7.41. The highest BCUT2D eigenvalue weighted by Gasteiger charge is 2.25. The summed E-state index contributed by atoms with van der Waals surface area (Å²) < 4.78 is 0. The van der Waals surface area contributed by atoms with Crippen LogP contribution in [-0.2, 0) is 4.79 Å². The third-order valence-electron chi connectivity index (χ3n) is 4.94. The van der Waals surface area contributed by atoms with Crippen LogP contribution >= 0.6 is 0 Å². The van der Waals surface area contributed by atoms with Gasteiger partial charge < -0.3 is 9.80 Å². The Hall–Kier alpha value is -0.570. The van der Waals surface area contributed by atoms with E-state index in [2.05, 4.69) is 30.6 Å². The van der Waals surface area contributed by atoms with Crippen molar-refractivity contribution in [1.29, 1.82) is 0 Å². The molecule has 0 aliphatic carbocycles. The van der Waals surface area contributed by atoms with Gasteiger partial charge in [-0.3, -0.25) is 4.79 Å². The molecule has 0 spiro atoms. The Morgan fingerprint density at radius 3 is 2.20 bits per heavy atom. The van der Waals surface area contributed by atoms with E-state index in [0.29, 0.717) is 18.2 Å². The van der Waals surface area contributed by atoms with Gasteiger partial charge in [0.2, 0.25) is 5.91 Å². The zero-order valence-electron chi connectivity index (χ0n) is 13.6. The summed E-state index contributed by atoms with van der Waals surface area (Å²) in [6.07, 6.45) is 5.86. The second kappa shape index (κ2) is 7.44. The van der Waals surface area contributed by atoms with Crippen LogP contribution in [0.5, 0.6) is 0 Å². The number of carbonyl (C=O) groups excluding carboxylic acids is 1. The zero-order chi connectivity index (χ0) is 14.5. The van der Waals surface area contributed by atoms with Gasteiger partial charge in [0.05, 0.1) is 0 Å². The van der Waals surface area contributed by atoms with Crippen molar-refractivity contribution < 1.29 is 4.79 Å². The van der Waals surface area contributed by atoms with E-state index in [-0.39, 0.29) is 0 Å². The van der Waals surface area contributed by atoms with E-state index >= 15 is 0 Å². The van der Waals surface area contributed by atoms with Crippen molar-refractivity contribution in [2.75, 3.05) is 32.7 Å². The van der Waals surface area contributed by atoms with Crippen LogP contribution in [0.2, 0.25) is 0 Å². The van der Waals surface area contributed by atoms with Crippen molar-refractivity contribution >= 4 is 5.91 Å². The maximum Gasteiger partial charge on any atom is 0.222 e. The molecule has 0 radical (unpaired) electrons. The molecule has 0 saturated carbocycles. The van der Waals surface area contributed by atoms with Crippen LogP contribution in [0.25, 0.3) is 0 Å². The largest absolute Gasteiger partial charge is 0.343 e. The van der Waals surface area contributed by atoms with E-state index in [1.807, 2.05) is 0 Å². The molecular weight excluding hydrogens is 248 g/mol. The number of amides is 1. The summed E-state index contributed by atoms with van der Waals surface area (Å²) in [6, 6.07) is 0. The molecule has 0 bridgehead atoms. The molecule has 0 aromatic carbocycles. The van der Waals surface area contributed by atoms with E-state index < -0.39 is 0 Å². The Kier molecular flexibility index (Phi) is 5.88. The lowest BCUT2D eigenvalue weighted by atomic mass is 9.93. The third kappa shape index (κ3) is 4.76. The summed E-state index contributed by atoms with van der Waals surface area (Å²) >= 11 is 0. The minimum Gasteiger partial charge on any atom is -0.343 e. The number of piperidine rings is 2. The Bertz CT molecular complexity index is 300. The van der Waals surface area contributed by atoms with E-state index in [1.165, 1.54) is 45.3 Å². The number of carbonyl (C=O) groups is 1. The third-order valence-corrected chi connectivity index (χ3v) is 4.94. The summed E-state index contributed by atoms with van der Waals surface area (Å²) in [5.41, 5.74) is 0. The van der Waals surface area contributed by atoms with Crippen LogP contribution in [0.4, 0.5) is 0 Å². The first kappa shape index (κ1) is 15.8. The number of likely N-dealkylation sites (tertiary alicyclic amines) is 2. The standard InChI is InChI=1S/C17H32N2O/c1-14(2)12-17(20)19-10-6-16(7-11-19)13-18-8-4-15(3)5-9-18/h14-16H,4-13H2,1-3H3. The zero-order valence-corrected chi connectivity index (χ0v) is 13.6. The molecule has 0 aromatic rings. The van der Waals surface area contributed by atoms with Gasteiger partial charge in [0.25, 0.3) is 0 Å². The second-order valence-corrected chi connectivity index (χ2v) is 7.41. The topological polar surface area (TPSA) is 23.6 Å². The fourth-order valence-electron chi connectivity index (χ4n) is 3.45. The van der Waals surface area contributed by atoms with Crippen molar-refractivity contribution in [1.82, 2.24) is 9.80 Å². The fourth-order valence-corrected chi connectivity index (χ4v) is 3.45. The molecule has 3 nitrogen and oxygen atoms in total. The molecule has 0 N–H and O–H groups in total. The van der Waals surface area contributed by atoms with Gasteiger partial charge in [0.1, 0.15) is 0 Å². The Labute approximate surface area is 124 Å². The van der Waals surface area contributed by atoms with Crippen molar-refractivity contribution in [2.24, 2.45) is 17.8 Å².